The number of hydrogen-bond donors (Lipinski definition) is 2. The largest absolute Gasteiger partial charge is 0.383 e. The Kier molecular flexibility index (Phi) is 4.21. The molecular weight excluding hydrogens is 330 g/mol. The number of aliphatic hydroxyl groups excluding tert-OH is 1. The molecule has 1 aromatic heterocycles. The predicted molar refractivity (Wildman–Crippen MR) is 96.3 cm³/mol. The molecule has 2 aromatic rings. The van der Waals surface area contributed by atoms with Crippen LogP contribution in [0.5, 0.6) is 0 Å². The quantitative estimate of drug-likeness (QED) is 0.858. The zero-order valence-electron chi connectivity index (χ0n) is 14.6. The fourth-order valence-corrected chi connectivity index (χ4v) is 3.63. The van der Waals surface area contributed by atoms with Crippen LogP contribution in [-0.4, -0.2) is 46.2 Å². The number of benzene rings is 1. The number of aromatic nitrogens is 2. The van der Waals surface area contributed by atoms with Crippen molar-refractivity contribution >= 4 is 22.6 Å². The van der Waals surface area contributed by atoms with Gasteiger partial charge in [0.25, 0.3) is 0 Å². The van der Waals surface area contributed by atoms with E-state index in [-0.39, 0.29) is 23.8 Å². The van der Waals surface area contributed by atoms with Crippen LogP contribution in [0, 0.1) is 23.2 Å². The average molecular weight is 351 g/mol. The van der Waals surface area contributed by atoms with E-state index in [2.05, 4.69) is 33.2 Å². The van der Waals surface area contributed by atoms with Gasteiger partial charge in [0.05, 0.1) is 17.3 Å². The molecule has 2 aliphatic rings. The Labute approximate surface area is 151 Å². The van der Waals surface area contributed by atoms with Gasteiger partial charge >= 0.3 is 0 Å². The molecule has 0 radical (unpaired) electrons. The Morgan fingerprint density at radius 3 is 2.73 bits per heavy atom. The van der Waals surface area contributed by atoms with Crippen LogP contribution in [0.4, 0.5) is 5.69 Å². The maximum atomic E-state index is 12.2. The first-order valence-corrected chi connectivity index (χ1v) is 8.95. The van der Waals surface area contributed by atoms with Crippen LogP contribution in [0.3, 0.4) is 0 Å². The number of nitrogens with zero attached hydrogens (tertiary/aromatic N) is 4. The van der Waals surface area contributed by atoms with E-state index in [1.807, 2.05) is 6.07 Å². The summed E-state index contributed by atoms with van der Waals surface area (Å²) < 4.78 is 0. The molecule has 134 valence electrons. The summed E-state index contributed by atoms with van der Waals surface area (Å²) >= 11 is 0. The van der Waals surface area contributed by atoms with E-state index in [9.17, 15) is 15.2 Å². The highest BCUT2D eigenvalue weighted by atomic mass is 16.3. The van der Waals surface area contributed by atoms with Gasteiger partial charge in [-0.1, -0.05) is 6.92 Å². The Morgan fingerprint density at radius 2 is 2.04 bits per heavy atom. The van der Waals surface area contributed by atoms with Gasteiger partial charge in [0.1, 0.15) is 23.2 Å². The van der Waals surface area contributed by atoms with E-state index in [0.29, 0.717) is 23.1 Å². The molecule has 7 nitrogen and oxygen atoms in total. The van der Waals surface area contributed by atoms with Gasteiger partial charge in [0, 0.05) is 25.5 Å². The van der Waals surface area contributed by atoms with Crippen molar-refractivity contribution in [3.8, 4) is 6.07 Å². The number of fused-ring (bicyclic) bond motifs is 1. The monoisotopic (exact) mass is 351 g/mol. The third kappa shape index (κ3) is 2.97. The fourth-order valence-electron chi connectivity index (χ4n) is 3.63. The molecule has 2 N–H and O–H groups in total. The second-order valence-corrected chi connectivity index (χ2v) is 7.28. The van der Waals surface area contributed by atoms with Crippen molar-refractivity contribution in [2.75, 3.05) is 18.0 Å². The predicted octanol–water partition coefficient (Wildman–Crippen LogP) is 1.21. The maximum absolute atomic E-state index is 12.2. The second kappa shape index (κ2) is 6.54. The molecule has 1 aromatic carbocycles. The van der Waals surface area contributed by atoms with Gasteiger partial charge in [-0.2, -0.15) is 5.26 Å². The number of amides is 1. The van der Waals surface area contributed by atoms with Crippen molar-refractivity contribution in [1.29, 1.82) is 5.26 Å². The Morgan fingerprint density at radius 1 is 1.31 bits per heavy atom. The minimum absolute atomic E-state index is 0.0294. The van der Waals surface area contributed by atoms with Crippen LogP contribution >= 0.6 is 0 Å². The van der Waals surface area contributed by atoms with Gasteiger partial charge in [0.2, 0.25) is 5.91 Å². The van der Waals surface area contributed by atoms with Crippen molar-refractivity contribution in [2.45, 2.75) is 31.9 Å². The molecule has 1 amide bonds. The molecule has 1 aliphatic heterocycles. The van der Waals surface area contributed by atoms with Gasteiger partial charge < -0.3 is 15.3 Å². The first-order chi connectivity index (χ1) is 12.6. The summed E-state index contributed by atoms with van der Waals surface area (Å²) in [7, 11) is 0. The Hall–Kier alpha value is -2.72. The molecule has 0 bridgehead atoms. The number of nitriles is 1. The van der Waals surface area contributed by atoms with E-state index >= 15 is 0 Å². The van der Waals surface area contributed by atoms with Crippen LogP contribution in [0.25, 0.3) is 11.0 Å². The van der Waals surface area contributed by atoms with Crippen molar-refractivity contribution in [1.82, 2.24) is 15.3 Å². The van der Waals surface area contributed by atoms with E-state index in [1.165, 1.54) is 0 Å². The van der Waals surface area contributed by atoms with Crippen LogP contribution in [0.15, 0.2) is 24.5 Å². The van der Waals surface area contributed by atoms with Gasteiger partial charge in [-0.25, -0.2) is 0 Å². The summed E-state index contributed by atoms with van der Waals surface area (Å²) in [6.07, 6.45) is 4.17. The highest BCUT2D eigenvalue weighted by molar-refractivity contribution is 5.92. The van der Waals surface area contributed by atoms with Crippen molar-refractivity contribution in [3.63, 3.8) is 0 Å². The van der Waals surface area contributed by atoms with E-state index < -0.39 is 6.10 Å². The third-order valence-electron chi connectivity index (χ3n) is 5.34. The number of carbonyl (C=O) groups excluding carboxylic acids is 1. The average Bonchev–Trinajstić information content (AvgIpc) is 3.44. The van der Waals surface area contributed by atoms with Crippen LogP contribution in [-0.2, 0) is 4.79 Å². The summed E-state index contributed by atoms with van der Waals surface area (Å²) in [5.74, 6) is 0.101. The fraction of sp³-hybridized carbons (Fsp3) is 0.474. The van der Waals surface area contributed by atoms with E-state index in [1.54, 1.807) is 18.5 Å². The Bertz CT molecular complexity index is 889. The molecule has 4 rings (SSSR count). The van der Waals surface area contributed by atoms with Crippen LogP contribution in [0.1, 0.15) is 25.3 Å². The van der Waals surface area contributed by atoms with Gasteiger partial charge in [-0.05, 0) is 36.8 Å². The van der Waals surface area contributed by atoms with Crippen molar-refractivity contribution < 1.29 is 9.90 Å². The normalized spacial score (nSPS) is 23.7. The van der Waals surface area contributed by atoms with E-state index in [4.69, 9.17) is 0 Å². The first-order valence-electron chi connectivity index (χ1n) is 8.95. The summed E-state index contributed by atoms with van der Waals surface area (Å²) in [5.41, 5.74) is 2.71. The standard InChI is InChI=1S/C19H21N5O2/c1-11-9-24(10-14(11)23-19(26)18(25)12-2-3-12)15-5-4-13(8-20)16-17(15)22-7-6-21-16/h4-7,11-12,14,18,25H,2-3,9-10H2,1H3,(H,23,26)/t11?,14?,18-/m0/s1. The van der Waals surface area contributed by atoms with Gasteiger partial charge in [-0.3, -0.25) is 14.8 Å². The molecule has 1 saturated heterocycles. The molecular formula is C19H21N5O2. The van der Waals surface area contributed by atoms with Gasteiger partial charge in [-0.15, -0.1) is 0 Å². The molecule has 2 heterocycles. The molecule has 2 unspecified atom stereocenters. The molecule has 1 saturated carbocycles. The smallest absolute Gasteiger partial charge is 0.249 e. The topological polar surface area (TPSA) is 102 Å². The molecule has 3 atom stereocenters. The van der Waals surface area contributed by atoms with E-state index in [0.717, 1.165) is 25.1 Å². The number of aliphatic hydroxyl groups is 1. The molecule has 26 heavy (non-hydrogen) atoms. The lowest BCUT2D eigenvalue weighted by Gasteiger charge is -2.21. The minimum atomic E-state index is -0.891. The van der Waals surface area contributed by atoms with Gasteiger partial charge in [0.15, 0.2) is 0 Å². The summed E-state index contributed by atoms with van der Waals surface area (Å²) in [6, 6.07) is 5.78. The lowest BCUT2D eigenvalue weighted by molar-refractivity contribution is -0.131. The van der Waals surface area contributed by atoms with Crippen molar-refractivity contribution in [3.05, 3.63) is 30.1 Å². The lowest BCUT2D eigenvalue weighted by atomic mass is 10.1. The zero-order chi connectivity index (χ0) is 18.3. The molecule has 0 spiro atoms. The zero-order valence-corrected chi connectivity index (χ0v) is 14.6. The number of anilines is 1. The summed E-state index contributed by atoms with van der Waals surface area (Å²) in [4.78, 5) is 23.1. The molecule has 1 aliphatic carbocycles. The second-order valence-electron chi connectivity index (χ2n) is 7.28. The highest BCUT2D eigenvalue weighted by Crippen LogP contribution is 2.33. The lowest BCUT2D eigenvalue weighted by Crippen LogP contribution is -2.45. The third-order valence-corrected chi connectivity index (χ3v) is 5.34. The minimum Gasteiger partial charge on any atom is -0.383 e. The van der Waals surface area contributed by atoms with Crippen LogP contribution in [0.2, 0.25) is 0 Å². The summed E-state index contributed by atoms with van der Waals surface area (Å²) in [6.45, 7) is 3.50. The number of hydrogen-bond acceptors (Lipinski definition) is 6. The SMILES string of the molecule is CC1CN(c2ccc(C#N)c3nccnc23)CC1NC(=O)[C@@H](O)C1CC1. The number of rotatable bonds is 4. The number of nitrogens with one attached hydrogen (secondary N) is 1. The maximum Gasteiger partial charge on any atom is 0.249 e. The van der Waals surface area contributed by atoms with Crippen molar-refractivity contribution in [2.24, 2.45) is 11.8 Å². The highest BCUT2D eigenvalue weighted by Gasteiger charge is 2.38. The summed E-state index contributed by atoms with van der Waals surface area (Å²) in [5, 5.41) is 22.3. The molecule has 7 heteroatoms. The Balaban J connectivity index is 1.55. The number of carbonyl (C=O) groups is 1. The molecule has 2 fully saturated rings. The first kappa shape index (κ1) is 16.7. The van der Waals surface area contributed by atoms with Crippen LogP contribution < -0.4 is 10.2 Å².